The molecular formula is C22H29BrN4O4. The van der Waals surface area contributed by atoms with Gasteiger partial charge in [0.05, 0.1) is 9.85 Å². The van der Waals surface area contributed by atoms with Crippen molar-refractivity contribution >= 4 is 33.0 Å². The van der Waals surface area contributed by atoms with Gasteiger partial charge >= 0.3 is 0 Å². The summed E-state index contributed by atoms with van der Waals surface area (Å²) < 4.78 is 0.724. The highest BCUT2D eigenvalue weighted by Crippen LogP contribution is 2.27. The maximum absolute atomic E-state index is 10.6. The van der Waals surface area contributed by atoms with Crippen LogP contribution in [0.3, 0.4) is 0 Å². The highest BCUT2D eigenvalue weighted by Gasteiger charge is 2.21. The van der Waals surface area contributed by atoms with Crippen molar-refractivity contribution in [2.24, 2.45) is 0 Å². The van der Waals surface area contributed by atoms with E-state index in [4.69, 9.17) is 0 Å². The van der Waals surface area contributed by atoms with Crippen LogP contribution >= 0.6 is 15.9 Å². The Kier molecular flexibility index (Phi) is 9.87. The second kappa shape index (κ2) is 12.4. The van der Waals surface area contributed by atoms with Crippen LogP contribution in [0.25, 0.3) is 0 Å². The molecule has 0 unspecified atom stereocenters. The summed E-state index contributed by atoms with van der Waals surface area (Å²) in [5.74, 6) is 0. The maximum Gasteiger partial charge on any atom is 0.271 e. The quantitative estimate of drug-likeness (QED) is 0.435. The molecule has 0 aliphatic carbocycles. The fraction of sp³-hybridized carbons (Fsp3) is 0.455. The van der Waals surface area contributed by atoms with Crippen LogP contribution in [-0.2, 0) is 0 Å². The lowest BCUT2D eigenvalue weighted by molar-refractivity contribution is -0.385. The number of nitro benzene ring substituents is 2. The maximum atomic E-state index is 10.6. The van der Waals surface area contributed by atoms with Crippen molar-refractivity contribution in [1.82, 2.24) is 5.32 Å². The number of benzene rings is 2. The van der Waals surface area contributed by atoms with E-state index in [1.807, 2.05) is 6.07 Å². The average molecular weight is 493 g/mol. The molecule has 8 nitrogen and oxygen atoms in total. The summed E-state index contributed by atoms with van der Waals surface area (Å²) in [6, 6.07) is 14.4. The molecule has 0 aromatic heterocycles. The predicted molar refractivity (Wildman–Crippen MR) is 127 cm³/mol. The van der Waals surface area contributed by atoms with Crippen molar-refractivity contribution in [3.8, 4) is 0 Å². The van der Waals surface area contributed by atoms with E-state index in [0.29, 0.717) is 6.04 Å². The summed E-state index contributed by atoms with van der Waals surface area (Å²) >= 11 is 3.13. The first-order valence-corrected chi connectivity index (χ1v) is 11.2. The van der Waals surface area contributed by atoms with Gasteiger partial charge in [0.2, 0.25) is 0 Å². The number of non-ortho nitro benzene ring substituents is 2. The largest absolute Gasteiger partial charge is 0.369 e. The Labute approximate surface area is 191 Å². The second-order valence-corrected chi connectivity index (χ2v) is 8.61. The molecule has 2 fully saturated rings. The molecule has 2 aromatic rings. The van der Waals surface area contributed by atoms with E-state index in [9.17, 15) is 20.2 Å². The summed E-state index contributed by atoms with van der Waals surface area (Å²) in [4.78, 5) is 22.2. The molecule has 31 heavy (non-hydrogen) atoms. The minimum absolute atomic E-state index is 0.106. The predicted octanol–water partition coefficient (Wildman–Crippen LogP) is 5.70. The van der Waals surface area contributed by atoms with Gasteiger partial charge in [0, 0.05) is 53.1 Å². The van der Waals surface area contributed by atoms with Gasteiger partial charge in [-0.1, -0.05) is 28.1 Å². The minimum Gasteiger partial charge on any atom is -0.369 e. The smallest absolute Gasteiger partial charge is 0.271 e. The fourth-order valence-electron chi connectivity index (χ4n) is 3.55. The fourth-order valence-corrected chi connectivity index (χ4v) is 3.94. The highest BCUT2D eigenvalue weighted by atomic mass is 79.9. The van der Waals surface area contributed by atoms with Crippen LogP contribution in [0.4, 0.5) is 17.1 Å². The van der Waals surface area contributed by atoms with Crippen LogP contribution in [0, 0.1) is 20.2 Å². The monoisotopic (exact) mass is 492 g/mol. The highest BCUT2D eigenvalue weighted by molar-refractivity contribution is 9.10. The lowest BCUT2D eigenvalue weighted by Gasteiger charge is -2.23. The molecule has 0 radical (unpaired) electrons. The van der Waals surface area contributed by atoms with E-state index in [1.165, 1.54) is 50.4 Å². The first kappa shape index (κ1) is 24.7. The Bertz CT molecular complexity index is 874. The Balaban J connectivity index is 0.000000183. The molecule has 0 bridgehead atoms. The van der Waals surface area contributed by atoms with Crippen molar-refractivity contribution in [2.45, 2.75) is 51.6 Å². The van der Waals surface area contributed by atoms with E-state index in [-0.39, 0.29) is 16.3 Å². The van der Waals surface area contributed by atoms with Gasteiger partial charge in [-0.2, -0.15) is 0 Å². The molecule has 2 atom stereocenters. The van der Waals surface area contributed by atoms with Crippen molar-refractivity contribution in [2.75, 3.05) is 18.0 Å². The third-order valence-corrected chi connectivity index (χ3v) is 5.74. The molecule has 2 heterocycles. The van der Waals surface area contributed by atoms with Crippen molar-refractivity contribution in [3.05, 3.63) is 73.2 Å². The van der Waals surface area contributed by atoms with Gasteiger partial charge in [0.15, 0.2) is 0 Å². The van der Waals surface area contributed by atoms with E-state index in [0.717, 1.165) is 22.7 Å². The molecule has 1 N–H and O–H groups in total. The molecule has 2 aromatic carbocycles. The number of halogens is 1. The summed E-state index contributed by atoms with van der Waals surface area (Å²) in [6.45, 7) is 6.63. The Hall–Kier alpha value is -2.52. The minimum atomic E-state index is -0.426. The number of nitrogens with one attached hydrogen (secondary N) is 1. The number of nitro groups is 2. The summed E-state index contributed by atoms with van der Waals surface area (Å²) in [7, 11) is 0. The second-order valence-electron chi connectivity index (χ2n) is 7.70. The normalized spacial score (nSPS) is 19.6. The number of nitrogens with zero attached hydrogens (tertiary/aromatic N) is 3. The molecule has 2 aliphatic heterocycles. The SMILES string of the molecule is C[C@H]1CCCN1.C[C@H]1CCCN1c1cccc([N+](=O)[O-])c1.O=[N+]([O-])c1cccc(Br)c1. The number of hydrogen-bond donors (Lipinski definition) is 1. The first-order valence-electron chi connectivity index (χ1n) is 10.4. The van der Waals surface area contributed by atoms with Crippen molar-refractivity contribution in [3.63, 3.8) is 0 Å². The van der Waals surface area contributed by atoms with E-state index in [2.05, 4.69) is 40.0 Å². The standard InChI is InChI=1S/C11H14N2O2.C6H4BrNO2.C5H11N/c1-9-4-3-7-12(9)10-5-2-6-11(8-10)13(14)15;7-5-2-1-3-6(4-5)8(9)10;1-5-3-2-4-6-5/h2,5-6,8-9H,3-4,7H2,1H3;1-4H;5-6H,2-4H2,1H3/t9-;;5-/m0.0/s1. The zero-order chi connectivity index (χ0) is 22.8. The Morgan fingerprint density at radius 3 is 2.03 bits per heavy atom. The van der Waals surface area contributed by atoms with Crippen LogP contribution in [-0.4, -0.2) is 35.0 Å². The molecular weight excluding hydrogens is 464 g/mol. The number of rotatable bonds is 3. The zero-order valence-corrected chi connectivity index (χ0v) is 19.5. The molecule has 4 rings (SSSR count). The van der Waals surface area contributed by atoms with Crippen LogP contribution in [0.5, 0.6) is 0 Å². The van der Waals surface area contributed by atoms with Crippen LogP contribution in [0.2, 0.25) is 0 Å². The van der Waals surface area contributed by atoms with Crippen molar-refractivity contribution in [1.29, 1.82) is 0 Å². The third-order valence-electron chi connectivity index (χ3n) is 5.25. The first-order chi connectivity index (χ1) is 14.8. The molecule has 2 saturated heterocycles. The average Bonchev–Trinajstić information content (AvgIpc) is 3.40. The summed E-state index contributed by atoms with van der Waals surface area (Å²) in [5, 5.41) is 24.1. The number of anilines is 1. The lowest BCUT2D eigenvalue weighted by atomic mass is 10.2. The van der Waals surface area contributed by atoms with Gasteiger partial charge in [-0.3, -0.25) is 20.2 Å². The lowest BCUT2D eigenvalue weighted by Crippen LogP contribution is -2.26. The number of hydrogen-bond acceptors (Lipinski definition) is 6. The van der Waals surface area contributed by atoms with Gasteiger partial charge in [0.1, 0.15) is 0 Å². The molecule has 168 valence electrons. The van der Waals surface area contributed by atoms with Crippen LogP contribution < -0.4 is 10.2 Å². The van der Waals surface area contributed by atoms with Gasteiger partial charge in [-0.25, -0.2) is 0 Å². The van der Waals surface area contributed by atoms with E-state index < -0.39 is 4.92 Å². The molecule has 2 aliphatic rings. The van der Waals surface area contributed by atoms with E-state index in [1.54, 1.807) is 24.3 Å². The van der Waals surface area contributed by atoms with Gasteiger partial charge < -0.3 is 10.2 Å². The Morgan fingerprint density at radius 2 is 1.61 bits per heavy atom. The summed E-state index contributed by atoms with van der Waals surface area (Å²) in [5.41, 5.74) is 1.25. The van der Waals surface area contributed by atoms with Crippen LogP contribution in [0.1, 0.15) is 39.5 Å². The zero-order valence-electron chi connectivity index (χ0n) is 17.9. The molecule has 0 amide bonds. The topological polar surface area (TPSA) is 102 Å². The molecule has 0 saturated carbocycles. The van der Waals surface area contributed by atoms with Crippen molar-refractivity contribution < 1.29 is 9.85 Å². The van der Waals surface area contributed by atoms with E-state index >= 15 is 0 Å². The van der Waals surface area contributed by atoms with Gasteiger partial charge in [-0.05, 0) is 58.2 Å². The van der Waals surface area contributed by atoms with Gasteiger partial charge in [-0.15, -0.1) is 0 Å². The Morgan fingerprint density at radius 1 is 0.968 bits per heavy atom. The summed E-state index contributed by atoms with van der Waals surface area (Å²) in [6.07, 6.45) is 5.09. The van der Waals surface area contributed by atoms with Gasteiger partial charge in [0.25, 0.3) is 11.4 Å². The van der Waals surface area contributed by atoms with Crippen LogP contribution in [0.15, 0.2) is 53.0 Å². The molecule has 0 spiro atoms. The third kappa shape index (κ3) is 8.26. The molecule has 9 heteroatoms.